The Morgan fingerprint density at radius 2 is 1.88 bits per heavy atom. The maximum Gasteiger partial charge on any atom is 0.139 e. The number of carbonyl (C=O) groups excluding carboxylic acids is 1. The lowest BCUT2D eigenvalue weighted by atomic mass is 9.45. The molecule has 0 amide bonds. The van der Waals surface area contributed by atoms with E-state index in [-0.39, 0.29) is 5.41 Å². The van der Waals surface area contributed by atoms with E-state index in [1.54, 1.807) is 0 Å². The van der Waals surface area contributed by atoms with E-state index in [1.165, 1.54) is 44.9 Å². The van der Waals surface area contributed by atoms with Gasteiger partial charge in [0, 0.05) is 18.4 Å². The van der Waals surface area contributed by atoms with Crippen LogP contribution in [0.5, 0.6) is 0 Å². The third-order valence-electron chi connectivity index (χ3n) is 8.88. The molecule has 2 heteroatoms. The highest BCUT2D eigenvalue weighted by Crippen LogP contribution is 2.65. The Balaban J connectivity index is 1.51. The SMILES string of the molecule is CCCO[C@@H]1CC[C@@]2(C)C(CC[C@@H]3[C@@H]2CC[C@]2(C)C(=O)CC[C@@H]32)C1. The van der Waals surface area contributed by atoms with E-state index in [9.17, 15) is 4.79 Å². The van der Waals surface area contributed by atoms with Gasteiger partial charge in [-0.15, -0.1) is 0 Å². The fourth-order valence-corrected chi connectivity index (χ4v) is 7.43. The number of ether oxygens (including phenoxy) is 1. The molecule has 0 aromatic heterocycles. The molecule has 0 aliphatic heterocycles. The Kier molecular flexibility index (Phi) is 4.34. The van der Waals surface area contributed by atoms with Gasteiger partial charge in [0.15, 0.2) is 0 Å². The molecule has 0 bridgehead atoms. The van der Waals surface area contributed by atoms with Gasteiger partial charge in [0.2, 0.25) is 0 Å². The van der Waals surface area contributed by atoms with Crippen LogP contribution in [0.25, 0.3) is 0 Å². The molecule has 136 valence electrons. The van der Waals surface area contributed by atoms with Crippen molar-refractivity contribution in [2.24, 2.45) is 34.5 Å². The molecule has 0 saturated heterocycles. The van der Waals surface area contributed by atoms with Crippen molar-refractivity contribution in [3.8, 4) is 0 Å². The molecule has 0 N–H and O–H groups in total. The number of fused-ring (bicyclic) bond motifs is 5. The van der Waals surface area contributed by atoms with Crippen molar-refractivity contribution in [2.75, 3.05) is 6.61 Å². The molecule has 0 aromatic carbocycles. The van der Waals surface area contributed by atoms with Crippen LogP contribution >= 0.6 is 0 Å². The number of hydrogen-bond donors (Lipinski definition) is 0. The highest BCUT2D eigenvalue weighted by atomic mass is 16.5. The van der Waals surface area contributed by atoms with Gasteiger partial charge < -0.3 is 4.74 Å². The van der Waals surface area contributed by atoms with Crippen LogP contribution in [0.2, 0.25) is 0 Å². The molecule has 4 saturated carbocycles. The maximum atomic E-state index is 12.5. The van der Waals surface area contributed by atoms with Crippen molar-refractivity contribution in [1.82, 2.24) is 0 Å². The van der Waals surface area contributed by atoms with Crippen LogP contribution in [-0.4, -0.2) is 18.5 Å². The highest BCUT2D eigenvalue weighted by Gasteiger charge is 2.60. The minimum absolute atomic E-state index is 0.0335. The molecule has 24 heavy (non-hydrogen) atoms. The molecule has 0 heterocycles. The first-order valence-electron chi connectivity index (χ1n) is 10.6. The van der Waals surface area contributed by atoms with Gasteiger partial charge in [-0.1, -0.05) is 20.8 Å². The quantitative estimate of drug-likeness (QED) is 0.692. The third-order valence-corrected chi connectivity index (χ3v) is 8.88. The Bertz CT molecular complexity index is 500. The molecule has 7 atom stereocenters. The summed E-state index contributed by atoms with van der Waals surface area (Å²) in [5.41, 5.74) is 0.549. The Hall–Kier alpha value is -0.370. The Labute approximate surface area is 148 Å². The molecule has 4 rings (SSSR count). The van der Waals surface area contributed by atoms with Crippen LogP contribution in [0.1, 0.15) is 85.0 Å². The number of carbonyl (C=O) groups is 1. The van der Waals surface area contributed by atoms with E-state index in [2.05, 4.69) is 20.8 Å². The van der Waals surface area contributed by atoms with Crippen LogP contribution in [0, 0.1) is 34.5 Å². The second kappa shape index (κ2) is 6.11. The van der Waals surface area contributed by atoms with E-state index in [0.717, 1.165) is 43.6 Å². The number of Topliss-reactive ketones (excluding diaryl/α,β-unsaturated/α-hetero) is 1. The summed E-state index contributed by atoms with van der Waals surface area (Å²) in [6, 6.07) is 0. The van der Waals surface area contributed by atoms with Crippen LogP contribution in [0.15, 0.2) is 0 Å². The second-order valence-electron chi connectivity index (χ2n) is 9.84. The van der Waals surface area contributed by atoms with Crippen molar-refractivity contribution in [2.45, 2.75) is 91.1 Å². The predicted octanol–water partition coefficient (Wildman–Crippen LogP) is 5.39. The summed E-state index contributed by atoms with van der Waals surface area (Å²) in [6.45, 7) is 8.04. The van der Waals surface area contributed by atoms with Crippen LogP contribution in [-0.2, 0) is 9.53 Å². The van der Waals surface area contributed by atoms with Crippen molar-refractivity contribution in [3.05, 3.63) is 0 Å². The van der Waals surface area contributed by atoms with Gasteiger partial charge in [-0.25, -0.2) is 0 Å². The zero-order valence-electron chi connectivity index (χ0n) is 16.0. The van der Waals surface area contributed by atoms with Crippen molar-refractivity contribution < 1.29 is 9.53 Å². The van der Waals surface area contributed by atoms with E-state index in [4.69, 9.17) is 4.74 Å². The number of rotatable bonds is 3. The third kappa shape index (κ3) is 2.42. The largest absolute Gasteiger partial charge is 0.378 e. The summed E-state index contributed by atoms with van der Waals surface area (Å²) < 4.78 is 6.12. The normalized spacial score (nSPS) is 51.0. The fourth-order valence-electron chi connectivity index (χ4n) is 7.43. The molecule has 4 fully saturated rings. The molecule has 4 aliphatic rings. The van der Waals surface area contributed by atoms with E-state index >= 15 is 0 Å². The molecular weight excluding hydrogens is 296 g/mol. The number of hydrogen-bond acceptors (Lipinski definition) is 2. The molecule has 0 radical (unpaired) electrons. The zero-order chi connectivity index (χ0) is 16.9. The first kappa shape index (κ1) is 17.1. The standard InChI is InChI=1S/C22H36O2/c1-4-13-24-16-9-11-21(2)15(14-16)5-6-17-18-7-8-20(23)22(18,3)12-10-19(17)21/h15-19H,4-14H2,1-3H3/t15?,16-,17+,18+,19+,21+,22+/m1/s1. The van der Waals surface area contributed by atoms with Crippen LogP contribution < -0.4 is 0 Å². The molecule has 4 aliphatic carbocycles. The number of ketones is 1. The highest BCUT2D eigenvalue weighted by molar-refractivity contribution is 5.87. The monoisotopic (exact) mass is 332 g/mol. The van der Waals surface area contributed by atoms with Crippen molar-refractivity contribution in [1.29, 1.82) is 0 Å². The molecule has 0 aromatic rings. The zero-order valence-corrected chi connectivity index (χ0v) is 16.0. The summed E-state index contributed by atoms with van der Waals surface area (Å²) >= 11 is 0. The minimum Gasteiger partial charge on any atom is -0.378 e. The maximum absolute atomic E-state index is 12.5. The first-order valence-corrected chi connectivity index (χ1v) is 10.6. The summed E-state index contributed by atoms with van der Waals surface area (Å²) in [5, 5.41) is 0. The summed E-state index contributed by atoms with van der Waals surface area (Å²) in [4.78, 5) is 12.5. The molecular formula is C22H36O2. The van der Waals surface area contributed by atoms with Crippen molar-refractivity contribution >= 4 is 5.78 Å². The van der Waals surface area contributed by atoms with Gasteiger partial charge >= 0.3 is 0 Å². The van der Waals surface area contributed by atoms with E-state index in [1.807, 2.05) is 0 Å². The van der Waals surface area contributed by atoms with Gasteiger partial charge in [-0.2, -0.15) is 0 Å². The molecule has 0 spiro atoms. The predicted molar refractivity (Wildman–Crippen MR) is 96.8 cm³/mol. The minimum atomic E-state index is 0.0335. The Morgan fingerprint density at radius 1 is 1.04 bits per heavy atom. The second-order valence-corrected chi connectivity index (χ2v) is 9.84. The average Bonchev–Trinajstić information content (AvgIpc) is 2.88. The van der Waals surface area contributed by atoms with Crippen LogP contribution in [0.4, 0.5) is 0 Å². The first-order chi connectivity index (χ1) is 11.5. The molecule has 1 unspecified atom stereocenters. The van der Waals surface area contributed by atoms with Gasteiger partial charge in [0.05, 0.1) is 6.10 Å². The lowest BCUT2D eigenvalue weighted by molar-refractivity contribution is -0.145. The topological polar surface area (TPSA) is 26.3 Å². The van der Waals surface area contributed by atoms with Gasteiger partial charge in [-0.05, 0) is 86.9 Å². The smallest absolute Gasteiger partial charge is 0.139 e. The van der Waals surface area contributed by atoms with E-state index < -0.39 is 0 Å². The lowest BCUT2D eigenvalue weighted by Crippen LogP contribution is -2.54. The summed E-state index contributed by atoms with van der Waals surface area (Å²) in [7, 11) is 0. The van der Waals surface area contributed by atoms with Crippen LogP contribution in [0.3, 0.4) is 0 Å². The fraction of sp³-hybridized carbons (Fsp3) is 0.955. The molecule has 2 nitrogen and oxygen atoms in total. The van der Waals surface area contributed by atoms with E-state index in [0.29, 0.717) is 23.2 Å². The summed E-state index contributed by atoms with van der Waals surface area (Å²) in [5.74, 6) is 3.82. The Morgan fingerprint density at radius 3 is 2.67 bits per heavy atom. The van der Waals surface area contributed by atoms with Gasteiger partial charge in [0.25, 0.3) is 0 Å². The van der Waals surface area contributed by atoms with Crippen molar-refractivity contribution in [3.63, 3.8) is 0 Å². The average molecular weight is 333 g/mol. The van der Waals surface area contributed by atoms with Gasteiger partial charge in [0.1, 0.15) is 5.78 Å². The van der Waals surface area contributed by atoms with Gasteiger partial charge in [-0.3, -0.25) is 4.79 Å². The lowest BCUT2D eigenvalue weighted by Gasteiger charge is -2.60. The summed E-state index contributed by atoms with van der Waals surface area (Å²) in [6.07, 6.45) is 12.8.